The number of nitrogens with zero attached hydrogens (tertiary/aromatic N) is 4. The van der Waals surface area contributed by atoms with Crippen LogP contribution in [0.5, 0.6) is 5.75 Å². The van der Waals surface area contributed by atoms with Gasteiger partial charge in [0.1, 0.15) is 6.33 Å². The Hall–Kier alpha value is -2.20. The van der Waals surface area contributed by atoms with Crippen molar-refractivity contribution in [1.82, 2.24) is 19.5 Å². The van der Waals surface area contributed by atoms with Crippen molar-refractivity contribution in [3.63, 3.8) is 0 Å². The number of halogens is 1. The summed E-state index contributed by atoms with van der Waals surface area (Å²) in [6.45, 7) is 1.54. The standard InChI is InChI=1S/C13H16FN5O3S/c1-22-12-3-2-10(8-11(12)14)23(20,21)19-6-4-18(5-7-19)13-15-9-16-17-13/h2-3,8-9H,4-7H2,1H3,(H,15,16,17). The van der Waals surface area contributed by atoms with Gasteiger partial charge in [0, 0.05) is 26.2 Å². The molecule has 0 amide bonds. The first kappa shape index (κ1) is 15.7. The third-order valence-corrected chi connectivity index (χ3v) is 5.60. The highest BCUT2D eigenvalue weighted by Crippen LogP contribution is 2.24. The topological polar surface area (TPSA) is 91.4 Å². The summed E-state index contributed by atoms with van der Waals surface area (Å²) in [6.07, 6.45) is 1.40. The van der Waals surface area contributed by atoms with E-state index in [2.05, 4.69) is 15.2 Å². The maximum atomic E-state index is 13.8. The van der Waals surface area contributed by atoms with Crippen LogP contribution >= 0.6 is 0 Å². The van der Waals surface area contributed by atoms with Crippen molar-refractivity contribution in [3.8, 4) is 5.75 Å². The normalized spacial score (nSPS) is 16.5. The van der Waals surface area contributed by atoms with Crippen LogP contribution in [-0.2, 0) is 10.0 Å². The summed E-state index contributed by atoms with van der Waals surface area (Å²) < 4.78 is 45.1. The lowest BCUT2D eigenvalue weighted by Gasteiger charge is -2.33. The Morgan fingerprint density at radius 2 is 2.00 bits per heavy atom. The molecule has 1 saturated heterocycles. The van der Waals surface area contributed by atoms with E-state index in [0.717, 1.165) is 6.07 Å². The van der Waals surface area contributed by atoms with Crippen molar-refractivity contribution >= 4 is 16.0 Å². The van der Waals surface area contributed by atoms with Gasteiger partial charge in [-0.2, -0.15) is 14.4 Å². The number of ether oxygens (including phenoxy) is 1. The summed E-state index contributed by atoms with van der Waals surface area (Å²) >= 11 is 0. The highest BCUT2D eigenvalue weighted by atomic mass is 32.2. The Bertz CT molecular complexity index is 773. The Morgan fingerprint density at radius 3 is 2.57 bits per heavy atom. The molecule has 0 bridgehead atoms. The lowest BCUT2D eigenvalue weighted by molar-refractivity contribution is 0.378. The van der Waals surface area contributed by atoms with Crippen LogP contribution in [-0.4, -0.2) is 61.2 Å². The van der Waals surface area contributed by atoms with E-state index in [1.807, 2.05) is 4.90 Å². The van der Waals surface area contributed by atoms with Crippen LogP contribution in [0.3, 0.4) is 0 Å². The average Bonchev–Trinajstić information content (AvgIpc) is 3.09. The van der Waals surface area contributed by atoms with Crippen molar-refractivity contribution in [2.75, 3.05) is 38.2 Å². The maximum Gasteiger partial charge on any atom is 0.243 e. The van der Waals surface area contributed by atoms with Crippen LogP contribution in [0.1, 0.15) is 0 Å². The number of rotatable bonds is 4. The molecule has 0 aliphatic carbocycles. The molecular weight excluding hydrogens is 325 g/mol. The van der Waals surface area contributed by atoms with E-state index in [1.54, 1.807) is 0 Å². The number of hydrogen-bond donors (Lipinski definition) is 1. The van der Waals surface area contributed by atoms with E-state index < -0.39 is 15.8 Å². The molecule has 0 unspecified atom stereocenters. The molecule has 1 aliphatic rings. The van der Waals surface area contributed by atoms with Gasteiger partial charge in [0.2, 0.25) is 16.0 Å². The van der Waals surface area contributed by atoms with Gasteiger partial charge < -0.3 is 9.64 Å². The SMILES string of the molecule is COc1ccc(S(=O)(=O)N2CCN(c3ncn[nH]3)CC2)cc1F. The predicted octanol–water partition coefficient (Wildman–Crippen LogP) is 0.463. The highest BCUT2D eigenvalue weighted by molar-refractivity contribution is 7.89. The van der Waals surface area contributed by atoms with Gasteiger partial charge in [-0.1, -0.05) is 0 Å². The molecule has 3 rings (SSSR count). The molecule has 8 nitrogen and oxygen atoms in total. The lowest BCUT2D eigenvalue weighted by Crippen LogP contribution is -2.49. The summed E-state index contributed by atoms with van der Waals surface area (Å²) in [4.78, 5) is 5.87. The van der Waals surface area contributed by atoms with Crippen LogP contribution in [0.4, 0.5) is 10.3 Å². The van der Waals surface area contributed by atoms with Gasteiger partial charge in [0.05, 0.1) is 12.0 Å². The van der Waals surface area contributed by atoms with Gasteiger partial charge in [-0.25, -0.2) is 17.9 Å². The van der Waals surface area contributed by atoms with Crippen LogP contribution < -0.4 is 9.64 Å². The third-order valence-electron chi connectivity index (χ3n) is 3.70. The van der Waals surface area contributed by atoms with Crippen molar-refractivity contribution < 1.29 is 17.5 Å². The molecule has 124 valence electrons. The van der Waals surface area contributed by atoms with E-state index in [4.69, 9.17) is 4.74 Å². The summed E-state index contributed by atoms with van der Waals surface area (Å²) in [5, 5.41) is 6.52. The molecule has 23 heavy (non-hydrogen) atoms. The second-order valence-corrected chi connectivity index (χ2v) is 6.93. The number of aromatic nitrogens is 3. The first-order valence-corrected chi connectivity index (χ1v) is 8.40. The van der Waals surface area contributed by atoms with Gasteiger partial charge in [0.15, 0.2) is 11.6 Å². The maximum absolute atomic E-state index is 13.8. The zero-order chi connectivity index (χ0) is 16.4. The van der Waals surface area contributed by atoms with Crippen LogP contribution in [0.25, 0.3) is 0 Å². The fraction of sp³-hybridized carbons (Fsp3) is 0.385. The number of piperazine rings is 1. The fourth-order valence-corrected chi connectivity index (χ4v) is 3.88. The Morgan fingerprint density at radius 1 is 1.26 bits per heavy atom. The van der Waals surface area contributed by atoms with Crippen LogP contribution in [0.2, 0.25) is 0 Å². The summed E-state index contributed by atoms with van der Waals surface area (Å²) in [5.41, 5.74) is 0. The first-order chi connectivity index (χ1) is 11.0. The number of anilines is 1. The second-order valence-electron chi connectivity index (χ2n) is 5.00. The number of benzene rings is 1. The smallest absolute Gasteiger partial charge is 0.243 e. The van der Waals surface area contributed by atoms with E-state index in [-0.39, 0.29) is 23.7 Å². The van der Waals surface area contributed by atoms with Gasteiger partial charge >= 0.3 is 0 Å². The van der Waals surface area contributed by atoms with Crippen molar-refractivity contribution in [1.29, 1.82) is 0 Å². The summed E-state index contributed by atoms with van der Waals surface area (Å²) in [6, 6.07) is 3.64. The quantitative estimate of drug-likeness (QED) is 0.869. The number of sulfonamides is 1. The lowest BCUT2D eigenvalue weighted by atomic mass is 10.3. The molecule has 0 atom stereocenters. The summed E-state index contributed by atoms with van der Waals surface area (Å²) in [7, 11) is -2.41. The Balaban J connectivity index is 1.75. The van der Waals surface area contributed by atoms with E-state index in [9.17, 15) is 12.8 Å². The molecule has 2 heterocycles. The molecule has 1 aromatic carbocycles. The van der Waals surface area contributed by atoms with E-state index >= 15 is 0 Å². The van der Waals surface area contributed by atoms with Gasteiger partial charge in [-0.3, -0.25) is 0 Å². The second kappa shape index (κ2) is 6.13. The number of aromatic amines is 1. The molecule has 1 aromatic heterocycles. The summed E-state index contributed by atoms with van der Waals surface area (Å²) in [5.74, 6) is -0.0782. The molecule has 1 N–H and O–H groups in total. The minimum Gasteiger partial charge on any atom is -0.494 e. The van der Waals surface area contributed by atoms with Crippen LogP contribution in [0.15, 0.2) is 29.4 Å². The molecule has 1 aliphatic heterocycles. The zero-order valence-electron chi connectivity index (χ0n) is 12.4. The van der Waals surface area contributed by atoms with Crippen molar-refractivity contribution in [2.45, 2.75) is 4.90 Å². The number of H-pyrrole nitrogens is 1. The predicted molar refractivity (Wildman–Crippen MR) is 80.3 cm³/mol. The van der Waals surface area contributed by atoms with Gasteiger partial charge in [0.25, 0.3) is 0 Å². The third kappa shape index (κ3) is 2.99. The number of hydrogen-bond acceptors (Lipinski definition) is 6. The monoisotopic (exact) mass is 341 g/mol. The van der Waals surface area contributed by atoms with Gasteiger partial charge in [-0.15, -0.1) is 0 Å². The largest absolute Gasteiger partial charge is 0.494 e. The van der Waals surface area contributed by atoms with Gasteiger partial charge in [-0.05, 0) is 18.2 Å². The average molecular weight is 341 g/mol. The minimum atomic E-state index is -3.74. The molecule has 0 radical (unpaired) electrons. The van der Waals surface area contributed by atoms with Crippen LogP contribution in [0, 0.1) is 5.82 Å². The van der Waals surface area contributed by atoms with Crippen molar-refractivity contribution in [3.05, 3.63) is 30.3 Å². The molecule has 0 saturated carbocycles. The zero-order valence-corrected chi connectivity index (χ0v) is 13.3. The van der Waals surface area contributed by atoms with E-state index in [0.29, 0.717) is 19.0 Å². The first-order valence-electron chi connectivity index (χ1n) is 6.96. The number of methoxy groups -OCH3 is 1. The molecule has 10 heteroatoms. The minimum absolute atomic E-state index is 0.0130. The molecular formula is C13H16FN5O3S. The highest BCUT2D eigenvalue weighted by Gasteiger charge is 2.29. The van der Waals surface area contributed by atoms with E-state index in [1.165, 1.54) is 29.9 Å². The number of nitrogens with one attached hydrogen (secondary N) is 1. The molecule has 2 aromatic rings. The molecule has 1 fully saturated rings. The Labute approximate surface area is 132 Å². The molecule has 0 spiro atoms. The van der Waals surface area contributed by atoms with Crippen molar-refractivity contribution in [2.24, 2.45) is 0 Å². The Kier molecular flexibility index (Phi) is 4.18. The fourth-order valence-electron chi connectivity index (χ4n) is 2.45.